The van der Waals surface area contributed by atoms with Gasteiger partial charge in [0.05, 0.1) is 12.4 Å². The summed E-state index contributed by atoms with van der Waals surface area (Å²) in [4.78, 5) is 19.5. The van der Waals surface area contributed by atoms with E-state index in [2.05, 4.69) is 15.3 Å². The summed E-state index contributed by atoms with van der Waals surface area (Å²) in [6.07, 6.45) is 4.63. The maximum absolute atomic E-state index is 11.8. The highest BCUT2D eigenvalue weighted by Gasteiger charge is 2.09. The van der Waals surface area contributed by atoms with Gasteiger partial charge in [-0.05, 0) is 12.1 Å². The molecule has 0 radical (unpaired) electrons. The van der Waals surface area contributed by atoms with Crippen LogP contribution >= 0.6 is 11.6 Å². The molecule has 0 fully saturated rings. The van der Waals surface area contributed by atoms with Crippen molar-refractivity contribution >= 4 is 23.3 Å². The molecule has 0 aliphatic heterocycles. The summed E-state index contributed by atoms with van der Waals surface area (Å²) in [6.45, 7) is 0. The number of hydrogen-bond donors (Lipinski definition) is 1. The first-order chi connectivity index (χ1) is 7.66. The zero-order valence-corrected chi connectivity index (χ0v) is 9.27. The van der Waals surface area contributed by atoms with Crippen LogP contribution in [0.5, 0.6) is 0 Å². The predicted molar refractivity (Wildman–Crippen MR) is 60.4 cm³/mol. The van der Waals surface area contributed by atoms with Crippen molar-refractivity contribution in [3.63, 3.8) is 0 Å². The lowest BCUT2D eigenvalue weighted by atomic mass is 10.4. The predicted octanol–water partition coefficient (Wildman–Crippen LogP) is 1.72. The Hall–Kier alpha value is -1.88. The van der Waals surface area contributed by atoms with Gasteiger partial charge in [0, 0.05) is 13.2 Å². The van der Waals surface area contributed by atoms with Crippen LogP contribution in [0.4, 0.5) is 5.82 Å². The second-order valence-electron chi connectivity index (χ2n) is 3.19. The zero-order chi connectivity index (χ0) is 11.5. The molecule has 1 N–H and O–H groups in total. The first kappa shape index (κ1) is 10.6. The van der Waals surface area contributed by atoms with Crippen molar-refractivity contribution < 1.29 is 4.79 Å². The van der Waals surface area contributed by atoms with Crippen LogP contribution in [-0.2, 0) is 7.05 Å². The minimum absolute atomic E-state index is 0.240. The molecular formula is C10H9ClN4O. The smallest absolute Gasteiger partial charge is 0.273 e. The van der Waals surface area contributed by atoms with Gasteiger partial charge < -0.3 is 9.88 Å². The summed E-state index contributed by atoms with van der Waals surface area (Å²) in [5, 5.41) is 2.85. The summed E-state index contributed by atoms with van der Waals surface area (Å²) in [5.74, 6) is 0.0859. The fraction of sp³-hybridized carbons (Fsp3) is 0.100. The number of halogens is 1. The van der Waals surface area contributed by atoms with E-state index in [4.69, 9.17) is 11.6 Å². The molecule has 2 aromatic rings. The molecule has 2 rings (SSSR count). The number of nitrogens with one attached hydrogen (secondary N) is 1. The first-order valence-electron chi connectivity index (χ1n) is 4.57. The van der Waals surface area contributed by atoms with Crippen molar-refractivity contribution in [1.29, 1.82) is 0 Å². The van der Waals surface area contributed by atoms with Crippen LogP contribution in [0, 0.1) is 0 Å². The minimum atomic E-state index is -0.246. The van der Waals surface area contributed by atoms with Crippen molar-refractivity contribution in [3.05, 3.63) is 41.6 Å². The Morgan fingerprint density at radius 2 is 2.31 bits per heavy atom. The van der Waals surface area contributed by atoms with Gasteiger partial charge in [0.15, 0.2) is 5.82 Å². The fourth-order valence-electron chi connectivity index (χ4n) is 1.28. The molecule has 0 aromatic carbocycles. The molecular weight excluding hydrogens is 228 g/mol. The van der Waals surface area contributed by atoms with Crippen molar-refractivity contribution in [1.82, 2.24) is 14.5 Å². The van der Waals surface area contributed by atoms with Crippen molar-refractivity contribution in [3.8, 4) is 0 Å². The lowest BCUT2D eigenvalue weighted by Gasteiger charge is -2.04. The molecule has 0 aliphatic carbocycles. The molecule has 0 saturated heterocycles. The zero-order valence-electron chi connectivity index (χ0n) is 8.51. The van der Waals surface area contributed by atoms with Gasteiger partial charge in [0.1, 0.15) is 10.8 Å². The fourth-order valence-corrected chi connectivity index (χ4v) is 1.43. The molecule has 82 valence electrons. The highest BCUT2D eigenvalue weighted by atomic mass is 35.5. The SMILES string of the molecule is Cn1cccc1C(=O)Nc1cncc(Cl)n1. The number of hydrogen-bond acceptors (Lipinski definition) is 3. The maximum Gasteiger partial charge on any atom is 0.273 e. The number of aromatic nitrogens is 3. The Morgan fingerprint density at radius 3 is 2.94 bits per heavy atom. The topological polar surface area (TPSA) is 59.8 Å². The lowest BCUT2D eigenvalue weighted by Crippen LogP contribution is -2.16. The van der Waals surface area contributed by atoms with E-state index in [9.17, 15) is 4.79 Å². The van der Waals surface area contributed by atoms with E-state index in [1.54, 1.807) is 29.9 Å². The molecule has 5 nitrogen and oxygen atoms in total. The number of carbonyl (C=O) groups is 1. The molecule has 0 aliphatic rings. The van der Waals surface area contributed by atoms with E-state index < -0.39 is 0 Å². The third kappa shape index (κ3) is 2.20. The summed E-state index contributed by atoms with van der Waals surface area (Å²) < 4.78 is 1.72. The van der Waals surface area contributed by atoms with Gasteiger partial charge in [-0.25, -0.2) is 4.98 Å². The van der Waals surface area contributed by atoms with E-state index in [-0.39, 0.29) is 11.1 Å². The molecule has 0 atom stereocenters. The summed E-state index contributed by atoms with van der Waals surface area (Å²) in [5.41, 5.74) is 0.543. The average molecular weight is 237 g/mol. The average Bonchev–Trinajstić information content (AvgIpc) is 2.64. The van der Waals surface area contributed by atoms with Gasteiger partial charge in [-0.2, -0.15) is 0 Å². The van der Waals surface area contributed by atoms with Gasteiger partial charge in [-0.15, -0.1) is 0 Å². The molecule has 6 heteroatoms. The van der Waals surface area contributed by atoms with Gasteiger partial charge in [0.2, 0.25) is 0 Å². The third-order valence-electron chi connectivity index (χ3n) is 2.02. The van der Waals surface area contributed by atoms with Crippen molar-refractivity contribution in [2.24, 2.45) is 7.05 Å². The van der Waals surface area contributed by atoms with Crippen LogP contribution in [0.1, 0.15) is 10.5 Å². The second kappa shape index (κ2) is 4.32. The number of aryl methyl sites for hydroxylation is 1. The van der Waals surface area contributed by atoms with Crippen LogP contribution in [0.3, 0.4) is 0 Å². The third-order valence-corrected chi connectivity index (χ3v) is 2.21. The van der Waals surface area contributed by atoms with Crippen molar-refractivity contribution in [2.75, 3.05) is 5.32 Å². The molecule has 0 saturated carbocycles. The number of nitrogens with zero attached hydrogens (tertiary/aromatic N) is 3. The van der Waals surface area contributed by atoms with E-state index in [1.807, 2.05) is 0 Å². The van der Waals surface area contributed by atoms with Crippen molar-refractivity contribution in [2.45, 2.75) is 0 Å². The van der Waals surface area contributed by atoms with E-state index >= 15 is 0 Å². The molecule has 1 amide bonds. The van der Waals surface area contributed by atoms with Gasteiger partial charge in [0.25, 0.3) is 5.91 Å². The number of rotatable bonds is 2. The van der Waals surface area contributed by atoms with Gasteiger partial charge in [-0.3, -0.25) is 9.78 Å². The standard InChI is InChI=1S/C10H9ClN4O/c1-15-4-2-3-7(15)10(16)14-9-6-12-5-8(11)13-9/h2-6H,1H3,(H,13,14,16). The van der Waals surface area contributed by atoms with Crippen LogP contribution in [0.25, 0.3) is 0 Å². The molecule has 2 aromatic heterocycles. The lowest BCUT2D eigenvalue weighted by molar-refractivity contribution is 0.101. The van der Waals surface area contributed by atoms with Gasteiger partial charge in [-0.1, -0.05) is 11.6 Å². The first-order valence-corrected chi connectivity index (χ1v) is 4.95. The maximum atomic E-state index is 11.8. The Labute approximate surface area is 97.1 Å². The van der Waals surface area contributed by atoms with Crippen LogP contribution < -0.4 is 5.32 Å². The summed E-state index contributed by atoms with van der Waals surface area (Å²) in [7, 11) is 1.79. The Balaban J connectivity index is 2.17. The molecule has 0 spiro atoms. The molecule has 0 unspecified atom stereocenters. The van der Waals surface area contributed by atoms with Crippen LogP contribution in [0.15, 0.2) is 30.7 Å². The van der Waals surface area contributed by atoms with E-state index in [1.165, 1.54) is 12.4 Å². The largest absolute Gasteiger partial charge is 0.347 e. The highest BCUT2D eigenvalue weighted by Crippen LogP contribution is 2.08. The number of carbonyl (C=O) groups excluding carboxylic acids is 1. The van der Waals surface area contributed by atoms with Gasteiger partial charge >= 0.3 is 0 Å². The quantitative estimate of drug-likeness (QED) is 0.864. The Kier molecular flexibility index (Phi) is 2.87. The monoisotopic (exact) mass is 236 g/mol. The molecule has 2 heterocycles. The van der Waals surface area contributed by atoms with Crippen LogP contribution in [0.2, 0.25) is 5.15 Å². The Bertz CT molecular complexity index is 523. The molecule has 0 bridgehead atoms. The summed E-state index contributed by atoms with van der Waals surface area (Å²) in [6, 6.07) is 3.51. The summed E-state index contributed by atoms with van der Waals surface area (Å²) >= 11 is 5.65. The second-order valence-corrected chi connectivity index (χ2v) is 3.57. The number of amides is 1. The molecule has 16 heavy (non-hydrogen) atoms. The Morgan fingerprint density at radius 1 is 1.50 bits per heavy atom. The van der Waals surface area contributed by atoms with E-state index in [0.717, 1.165) is 0 Å². The minimum Gasteiger partial charge on any atom is -0.347 e. The normalized spacial score (nSPS) is 10.1. The van der Waals surface area contributed by atoms with Crippen LogP contribution in [-0.4, -0.2) is 20.4 Å². The highest BCUT2D eigenvalue weighted by molar-refractivity contribution is 6.29. The van der Waals surface area contributed by atoms with E-state index in [0.29, 0.717) is 11.5 Å². The number of anilines is 1.